The number of nitrogens with one attached hydrogen (secondary N) is 1. The molecule has 0 bridgehead atoms. The molecule has 96 valence electrons. The Balaban J connectivity index is 2.37. The quantitative estimate of drug-likeness (QED) is 0.854. The van der Waals surface area contributed by atoms with E-state index in [1.54, 1.807) is 11.3 Å². The standard InChI is InChI=1S/C15H18ClNS/c1-4-17-15(13-8-11(3)18-9-13)12-5-6-14(16)10(2)7-12/h5-9,15,17H,4H2,1-3H3. The summed E-state index contributed by atoms with van der Waals surface area (Å²) in [4.78, 5) is 1.35. The van der Waals surface area contributed by atoms with E-state index < -0.39 is 0 Å². The van der Waals surface area contributed by atoms with Gasteiger partial charge in [-0.15, -0.1) is 11.3 Å². The Bertz CT molecular complexity index is 533. The van der Waals surface area contributed by atoms with Crippen LogP contribution in [0.25, 0.3) is 0 Å². The first kappa shape index (κ1) is 13.6. The average Bonchev–Trinajstić information content (AvgIpc) is 2.76. The fourth-order valence-corrected chi connectivity index (χ4v) is 2.94. The third kappa shape index (κ3) is 2.94. The summed E-state index contributed by atoms with van der Waals surface area (Å²) in [5.41, 5.74) is 3.74. The fourth-order valence-electron chi connectivity index (χ4n) is 2.09. The number of halogens is 1. The van der Waals surface area contributed by atoms with Gasteiger partial charge in [-0.1, -0.05) is 30.7 Å². The summed E-state index contributed by atoms with van der Waals surface area (Å²) in [7, 11) is 0. The SMILES string of the molecule is CCNC(c1csc(C)c1)c1ccc(Cl)c(C)c1. The van der Waals surface area contributed by atoms with Crippen LogP contribution in [0, 0.1) is 13.8 Å². The molecule has 1 unspecified atom stereocenters. The number of aryl methyl sites for hydroxylation is 2. The van der Waals surface area contributed by atoms with Crippen LogP contribution >= 0.6 is 22.9 Å². The predicted octanol–water partition coefficient (Wildman–Crippen LogP) is 4.72. The van der Waals surface area contributed by atoms with Crippen molar-refractivity contribution in [2.24, 2.45) is 0 Å². The van der Waals surface area contributed by atoms with E-state index in [2.05, 4.69) is 42.7 Å². The molecule has 2 rings (SSSR count). The third-order valence-electron chi connectivity index (χ3n) is 3.01. The first-order valence-corrected chi connectivity index (χ1v) is 7.42. The number of hydrogen-bond donors (Lipinski definition) is 1. The zero-order valence-corrected chi connectivity index (χ0v) is 12.5. The van der Waals surface area contributed by atoms with Crippen molar-refractivity contribution in [3.8, 4) is 0 Å². The zero-order valence-electron chi connectivity index (χ0n) is 11.0. The molecule has 0 aliphatic heterocycles. The summed E-state index contributed by atoms with van der Waals surface area (Å²) in [6.07, 6.45) is 0. The minimum Gasteiger partial charge on any atom is -0.307 e. The summed E-state index contributed by atoms with van der Waals surface area (Å²) in [6.45, 7) is 7.27. The highest BCUT2D eigenvalue weighted by molar-refractivity contribution is 7.10. The lowest BCUT2D eigenvalue weighted by Gasteiger charge is -2.18. The molecule has 3 heteroatoms. The maximum atomic E-state index is 6.09. The lowest BCUT2D eigenvalue weighted by molar-refractivity contribution is 0.632. The summed E-state index contributed by atoms with van der Waals surface area (Å²) in [5.74, 6) is 0. The Morgan fingerprint density at radius 2 is 2.00 bits per heavy atom. The van der Waals surface area contributed by atoms with E-state index in [9.17, 15) is 0 Å². The van der Waals surface area contributed by atoms with Crippen molar-refractivity contribution in [2.75, 3.05) is 6.54 Å². The molecule has 0 aliphatic carbocycles. The summed E-state index contributed by atoms with van der Waals surface area (Å²) in [5, 5.41) is 6.60. The topological polar surface area (TPSA) is 12.0 Å². The van der Waals surface area contributed by atoms with Gasteiger partial charge >= 0.3 is 0 Å². The van der Waals surface area contributed by atoms with Crippen molar-refractivity contribution in [1.82, 2.24) is 5.32 Å². The number of rotatable bonds is 4. The molecule has 1 aromatic carbocycles. The normalized spacial score (nSPS) is 12.7. The predicted molar refractivity (Wildman–Crippen MR) is 80.8 cm³/mol. The molecule has 1 nitrogen and oxygen atoms in total. The molecule has 2 aromatic rings. The van der Waals surface area contributed by atoms with Crippen LogP contribution in [0.4, 0.5) is 0 Å². The first-order chi connectivity index (χ1) is 8.61. The van der Waals surface area contributed by atoms with Gasteiger partial charge < -0.3 is 5.32 Å². The highest BCUT2D eigenvalue weighted by Crippen LogP contribution is 2.28. The van der Waals surface area contributed by atoms with Crippen molar-refractivity contribution in [1.29, 1.82) is 0 Å². The van der Waals surface area contributed by atoms with Crippen LogP contribution in [0.3, 0.4) is 0 Å². The van der Waals surface area contributed by atoms with Crippen molar-refractivity contribution in [2.45, 2.75) is 26.8 Å². The van der Waals surface area contributed by atoms with E-state index in [-0.39, 0.29) is 6.04 Å². The van der Waals surface area contributed by atoms with Crippen molar-refractivity contribution in [3.05, 3.63) is 56.2 Å². The van der Waals surface area contributed by atoms with Gasteiger partial charge in [0.15, 0.2) is 0 Å². The molecule has 1 heterocycles. The minimum absolute atomic E-state index is 0.260. The van der Waals surface area contributed by atoms with Crippen LogP contribution in [-0.2, 0) is 0 Å². The maximum Gasteiger partial charge on any atom is 0.0585 e. The molecule has 0 amide bonds. The van der Waals surface area contributed by atoms with Crippen LogP contribution in [0.1, 0.15) is 34.5 Å². The summed E-state index contributed by atoms with van der Waals surface area (Å²) < 4.78 is 0. The number of hydrogen-bond acceptors (Lipinski definition) is 2. The molecule has 0 fully saturated rings. The molecular formula is C15H18ClNS. The molecule has 0 spiro atoms. The molecule has 0 aliphatic rings. The van der Waals surface area contributed by atoms with Crippen molar-refractivity contribution >= 4 is 22.9 Å². The maximum absolute atomic E-state index is 6.09. The van der Waals surface area contributed by atoms with Crippen LogP contribution < -0.4 is 5.32 Å². The molecule has 1 aromatic heterocycles. The molecule has 0 radical (unpaired) electrons. The minimum atomic E-state index is 0.260. The van der Waals surface area contributed by atoms with Gasteiger partial charge in [-0.2, -0.15) is 0 Å². The molecule has 18 heavy (non-hydrogen) atoms. The van der Waals surface area contributed by atoms with Crippen molar-refractivity contribution < 1.29 is 0 Å². The largest absolute Gasteiger partial charge is 0.307 e. The summed E-state index contributed by atoms with van der Waals surface area (Å²) >= 11 is 7.89. The van der Waals surface area contributed by atoms with Crippen LogP contribution in [-0.4, -0.2) is 6.54 Å². The van der Waals surface area contributed by atoms with Gasteiger partial charge in [-0.25, -0.2) is 0 Å². The Kier molecular flexibility index (Phi) is 4.44. The van der Waals surface area contributed by atoms with Gasteiger partial charge in [0.1, 0.15) is 0 Å². The zero-order chi connectivity index (χ0) is 13.1. The van der Waals surface area contributed by atoms with E-state index in [0.717, 1.165) is 17.1 Å². The molecule has 1 atom stereocenters. The summed E-state index contributed by atoms with van der Waals surface area (Å²) in [6, 6.07) is 8.77. The molecular weight excluding hydrogens is 262 g/mol. The molecule has 0 saturated carbocycles. The monoisotopic (exact) mass is 279 g/mol. The molecule has 0 saturated heterocycles. The van der Waals surface area contributed by atoms with Gasteiger partial charge in [0, 0.05) is 9.90 Å². The fraction of sp³-hybridized carbons (Fsp3) is 0.333. The second kappa shape index (κ2) is 5.87. The Hall–Kier alpha value is -0.830. The van der Waals surface area contributed by atoms with Crippen LogP contribution in [0.15, 0.2) is 29.6 Å². The highest BCUT2D eigenvalue weighted by atomic mass is 35.5. The van der Waals surface area contributed by atoms with Gasteiger partial charge in [-0.3, -0.25) is 0 Å². The Morgan fingerprint density at radius 3 is 2.56 bits per heavy atom. The van der Waals surface area contributed by atoms with E-state index in [4.69, 9.17) is 11.6 Å². The van der Waals surface area contributed by atoms with Gasteiger partial charge in [0.05, 0.1) is 6.04 Å². The van der Waals surface area contributed by atoms with E-state index in [0.29, 0.717) is 0 Å². The van der Waals surface area contributed by atoms with Crippen LogP contribution in [0.2, 0.25) is 5.02 Å². The highest BCUT2D eigenvalue weighted by Gasteiger charge is 2.14. The second-order valence-corrected chi connectivity index (χ2v) is 6.01. The van der Waals surface area contributed by atoms with Gasteiger partial charge in [-0.05, 0) is 54.6 Å². The lowest BCUT2D eigenvalue weighted by atomic mass is 9.99. The lowest BCUT2D eigenvalue weighted by Crippen LogP contribution is -2.21. The molecule has 1 N–H and O–H groups in total. The van der Waals surface area contributed by atoms with Crippen LogP contribution in [0.5, 0.6) is 0 Å². The first-order valence-electron chi connectivity index (χ1n) is 6.16. The average molecular weight is 280 g/mol. The van der Waals surface area contributed by atoms with Gasteiger partial charge in [0.2, 0.25) is 0 Å². The number of thiophene rings is 1. The Labute approximate surface area is 118 Å². The number of benzene rings is 1. The van der Waals surface area contributed by atoms with E-state index in [1.807, 2.05) is 13.0 Å². The second-order valence-electron chi connectivity index (χ2n) is 4.49. The van der Waals surface area contributed by atoms with E-state index in [1.165, 1.54) is 16.0 Å². The van der Waals surface area contributed by atoms with Gasteiger partial charge in [0.25, 0.3) is 0 Å². The Morgan fingerprint density at radius 1 is 1.22 bits per heavy atom. The van der Waals surface area contributed by atoms with Crippen molar-refractivity contribution in [3.63, 3.8) is 0 Å². The van der Waals surface area contributed by atoms with E-state index >= 15 is 0 Å². The smallest absolute Gasteiger partial charge is 0.0585 e. The third-order valence-corrected chi connectivity index (χ3v) is 4.31.